The number of nitrogens with zero attached hydrogens (tertiary/aromatic N) is 1. The van der Waals surface area contributed by atoms with Gasteiger partial charge in [-0.05, 0) is 18.4 Å². The first kappa shape index (κ1) is 15.9. The quantitative estimate of drug-likeness (QED) is 0.820. The van der Waals surface area contributed by atoms with Crippen molar-refractivity contribution in [3.63, 3.8) is 0 Å². The molecule has 22 heavy (non-hydrogen) atoms. The van der Waals surface area contributed by atoms with Crippen molar-refractivity contribution in [3.8, 4) is 0 Å². The van der Waals surface area contributed by atoms with Crippen molar-refractivity contribution in [2.45, 2.75) is 25.0 Å². The lowest BCUT2D eigenvalue weighted by molar-refractivity contribution is 0.123. The summed E-state index contributed by atoms with van der Waals surface area (Å²) in [5.41, 5.74) is 0.266. The van der Waals surface area contributed by atoms with E-state index >= 15 is 0 Å². The third-order valence-electron chi connectivity index (χ3n) is 3.74. The van der Waals surface area contributed by atoms with Gasteiger partial charge in [0.25, 0.3) is 0 Å². The summed E-state index contributed by atoms with van der Waals surface area (Å²) < 4.78 is 5.21. The van der Waals surface area contributed by atoms with Gasteiger partial charge in [-0.2, -0.15) is 0 Å². The molecule has 1 fully saturated rings. The molecule has 0 aromatic heterocycles. The van der Waals surface area contributed by atoms with Gasteiger partial charge in [-0.25, -0.2) is 9.59 Å². The summed E-state index contributed by atoms with van der Waals surface area (Å²) in [5.74, 6) is 0. The Labute approximate surface area is 129 Å². The minimum atomic E-state index is -0.981. The highest BCUT2D eigenvalue weighted by molar-refractivity contribution is 5.70. The number of likely N-dealkylation sites (tertiary alicyclic amines) is 1. The molecule has 1 unspecified atom stereocenters. The van der Waals surface area contributed by atoms with E-state index in [1.54, 1.807) is 6.08 Å². The Kier molecular flexibility index (Phi) is 5.04. The summed E-state index contributed by atoms with van der Waals surface area (Å²) in [6.07, 6.45) is 1.20. The Morgan fingerprint density at radius 3 is 2.73 bits per heavy atom. The molecule has 0 bridgehead atoms. The third kappa shape index (κ3) is 4.00. The van der Waals surface area contributed by atoms with Crippen LogP contribution in [0, 0.1) is 0 Å². The van der Waals surface area contributed by atoms with Gasteiger partial charge in [0.15, 0.2) is 0 Å². The Hall–Kier alpha value is -2.50. The predicted molar refractivity (Wildman–Crippen MR) is 81.5 cm³/mol. The second-order valence-corrected chi connectivity index (χ2v) is 5.41. The van der Waals surface area contributed by atoms with Crippen LogP contribution in [-0.2, 0) is 11.3 Å². The summed E-state index contributed by atoms with van der Waals surface area (Å²) in [7, 11) is 0. The van der Waals surface area contributed by atoms with Gasteiger partial charge >= 0.3 is 12.2 Å². The molecule has 1 aromatic carbocycles. The zero-order chi connectivity index (χ0) is 16.0. The van der Waals surface area contributed by atoms with Crippen LogP contribution >= 0.6 is 0 Å². The lowest BCUT2D eigenvalue weighted by Crippen LogP contribution is -2.50. The molecule has 1 aromatic rings. The van der Waals surface area contributed by atoms with E-state index in [4.69, 9.17) is 9.84 Å². The first-order valence-electron chi connectivity index (χ1n) is 7.12. The van der Waals surface area contributed by atoms with Crippen molar-refractivity contribution < 1.29 is 19.4 Å². The number of carboxylic acid groups (broad SMARTS) is 1. The zero-order valence-corrected chi connectivity index (χ0v) is 12.3. The van der Waals surface area contributed by atoms with Gasteiger partial charge in [-0.15, -0.1) is 6.58 Å². The maximum atomic E-state index is 12.0. The molecule has 6 nitrogen and oxygen atoms in total. The van der Waals surface area contributed by atoms with Crippen molar-refractivity contribution in [1.82, 2.24) is 10.2 Å². The number of rotatable bonds is 5. The Balaban J connectivity index is 1.92. The van der Waals surface area contributed by atoms with Crippen molar-refractivity contribution in [1.29, 1.82) is 0 Å². The SMILES string of the molecule is C=CCC1(NC(=O)OCc2ccccc2)CCN(C(=O)O)C1. The molecule has 6 heteroatoms. The number of ether oxygens (including phenoxy) is 1. The molecular formula is C16H20N2O4. The molecule has 0 aliphatic carbocycles. The van der Waals surface area contributed by atoms with E-state index in [2.05, 4.69) is 11.9 Å². The van der Waals surface area contributed by atoms with Gasteiger partial charge in [0.05, 0.1) is 5.54 Å². The maximum absolute atomic E-state index is 12.0. The van der Waals surface area contributed by atoms with Crippen LogP contribution in [0.5, 0.6) is 0 Å². The highest BCUT2D eigenvalue weighted by Crippen LogP contribution is 2.25. The summed E-state index contributed by atoms with van der Waals surface area (Å²) in [4.78, 5) is 24.3. The second-order valence-electron chi connectivity index (χ2n) is 5.41. The van der Waals surface area contributed by atoms with Crippen LogP contribution in [0.2, 0.25) is 0 Å². The molecule has 2 rings (SSSR count). The number of carbonyl (C=O) groups is 2. The van der Waals surface area contributed by atoms with Crippen molar-refractivity contribution in [3.05, 3.63) is 48.6 Å². The predicted octanol–water partition coefficient (Wildman–Crippen LogP) is 2.61. The minimum absolute atomic E-state index is 0.180. The number of carbonyl (C=O) groups excluding carboxylic acids is 1. The van der Waals surface area contributed by atoms with Crippen LogP contribution in [0.1, 0.15) is 18.4 Å². The largest absolute Gasteiger partial charge is 0.465 e. The van der Waals surface area contributed by atoms with Gasteiger partial charge in [0, 0.05) is 13.1 Å². The van der Waals surface area contributed by atoms with E-state index in [1.165, 1.54) is 4.90 Å². The molecule has 2 amide bonds. The zero-order valence-electron chi connectivity index (χ0n) is 12.3. The molecule has 1 saturated heterocycles. The maximum Gasteiger partial charge on any atom is 0.407 e. The number of hydrogen-bond acceptors (Lipinski definition) is 3. The van der Waals surface area contributed by atoms with Crippen LogP contribution in [0.3, 0.4) is 0 Å². The summed E-state index contributed by atoms with van der Waals surface area (Å²) in [5, 5.41) is 11.9. The summed E-state index contributed by atoms with van der Waals surface area (Å²) in [6.45, 7) is 4.50. The van der Waals surface area contributed by atoms with Crippen LogP contribution in [0.4, 0.5) is 9.59 Å². The molecule has 1 atom stereocenters. The average molecular weight is 304 g/mol. The Bertz CT molecular complexity index is 546. The average Bonchev–Trinajstić information content (AvgIpc) is 2.91. The number of nitrogens with one attached hydrogen (secondary N) is 1. The first-order chi connectivity index (χ1) is 10.5. The smallest absolute Gasteiger partial charge is 0.407 e. The van der Waals surface area contributed by atoms with E-state index in [1.807, 2.05) is 30.3 Å². The van der Waals surface area contributed by atoms with Gasteiger partial charge < -0.3 is 20.1 Å². The fourth-order valence-corrected chi connectivity index (χ4v) is 2.61. The van der Waals surface area contributed by atoms with E-state index in [9.17, 15) is 9.59 Å². The molecule has 1 heterocycles. The van der Waals surface area contributed by atoms with Crippen LogP contribution in [0.25, 0.3) is 0 Å². The number of hydrogen-bond donors (Lipinski definition) is 2. The van der Waals surface area contributed by atoms with Crippen LogP contribution < -0.4 is 5.32 Å². The van der Waals surface area contributed by atoms with E-state index < -0.39 is 17.7 Å². The number of amides is 2. The van der Waals surface area contributed by atoms with Gasteiger partial charge in [-0.3, -0.25) is 0 Å². The molecule has 0 saturated carbocycles. The second kappa shape index (κ2) is 6.98. The lowest BCUT2D eigenvalue weighted by Gasteiger charge is -2.28. The van der Waals surface area contributed by atoms with Crippen molar-refractivity contribution in [2.75, 3.05) is 13.1 Å². The monoisotopic (exact) mass is 304 g/mol. The molecular weight excluding hydrogens is 284 g/mol. The number of benzene rings is 1. The Morgan fingerprint density at radius 1 is 1.41 bits per heavy atom. The summed E-state index contributed by atoms with van der Waals surface area (Å²) >= 11 is 0. The lowest BCUT2D eigenvalue weighted by atomic mass is 9.94. The topological polar surface area (TPSA) is 78.9 Å². The third-order valence-corrected chi connectivity index (χ3v) is 3.74. The first-order valence-corrected chi connectivity index (χ1v) is 7.12. The van der Waals surface area contributed by atoms with Gasteiger partial charge in [0.1, 0.15) is 6.61 Å². The van der Waals surface area contributed by atoms with Crippen LogP contribution in [0.15, 0.2) is 43.0 Å². The van der Waals surface area contributed by atoms with Gasteiger partial charge in [0.2, 0.25) is 0 Å². The molecule has 1 aliphatic rings. The summed E-state index contributed by atoms with van der Waals surface area (Å²) in [6, 6.07) is 9.37. The Morgan fingerprint density at radius 2 is 2.14 bits per heavy atom. The molecule has 0 spiro atoms. The molecule has 118 valence electrons. The normalized spacial score (nSPS) is 20.5. The molecule has 1 aliphatic heterocycles. The highest BCUT2D eigenvalue weighted by atomic mass is 16.5. The van der Waals surface area contributed by atoms with Crippen molar-refractivity contribution in [2.24, 2.45) is 0 Å². The van der Waals surface area contributed by atoms with Crippen molar-refractivity contribution >= 4 is 12.2 Å². The fraction of sp³-hybridized carbons (Fsp3) is 0.375. The fourth-order valence-electron chi connectivity index (χ4n) is 2.61. The minimum Gasteiger partial charge on any atom is -0.465 e. The van der Waals surface area contributed by atoms with E-state index in [0.29, 0.717) is 19.4 Å². The highest BCUT2D eigenvalue weighted by Gasteiger charge is 2.40. The number of alkyl carbamates (subject to hydrolysis) is 1. The van der Waals surface area contributed by atoms with E-state index in [0.717, 1.165) is 5.56 Å². The van der Waals surface area contributed by atoms with E-state index in [-0.39, 0.29) is 13.2 Å². The van der Waals surface area contributed by atoms with Crippen LogP contribution in [-0.4, -0.2) is 40.8 Å². The molecule has 2 N–H and O–H groups in total. The molecule has 0 radical (unpaired) electrons. The van der Waals surface area contributed by atoms with Gasteiger partial charge in [-0.1, -0.05) is 36.4 Å². The standard InChI is InChI=1S/C16H20N2O4/c1-2-8-16(9-10-18(12-16)15(20)21)17-14(19)22-11-13-6-4-3-5-7-13/h2-7H,1,8-12H2,(H,17,19)(H,20,21).